The van der Waals surface area contributed by atoms with E-state index in [0.29, 0.717) is 28.8 Å². The highest BCUT2D eigenvalue weighted by Gasteiger charge is 2.29. The fourth-order valence-corrected chi connectivity index (χ4v) is 3.11. The summed E-state index contributed by atoms with van der Waals surface area (Å²) < 4.78 is 0. The summed E-state index contributed by atoms with van der Waals surface area (Å²) in [5.41, 5.74) is 3.23. The molecule has 1 aliphatic rings. The number of halogens is 2. The van der Waals surface area contributed by atoms with E-state index >= 15 is 0 Å². The summed E-state index contributed by atoms with van der Waals surface area (Å²) in [5, 5.41) is 1.05. The molecule has 0 spiro atoms. The minimum absolute atomic E-state index is 0.0342. The number of carbonyl (C=O) groups excluding carboxylic acids is 1. The van der Waals surface area contributed by atoms with Gasteiger partial charge in [0.2, 0.25) is 0 Å². The van der Waals surface area contributed by atoms with Crippen LogP contribution in [0.4, 0.5) is 0 Å². The van der Waals surface area contributed by atoms with Gasteiger partial charge in [0.15, 0.2) is 0 Å². The Bertz CT molecular complexity index is 733. The van der Waals surface area contributed by atoms with Crippen LogP contribution in [0.5, 0.6) is 0 Å². The third-order valence-corrected chi connectivity index (χ3v) is 4.36. The molecule has 3 heterocycles. The number of hydrogen-bond donors (Lipinski definition) is 0. The van der Waals surface area contributed by atoms with Gasteiger partial charge in [0, 0.05) is 30.1 Å². The van der Waals surface area contributed by atoms with Crippen LogP contribution in [-0.2, 0) is 19.5 Å². The van der Waals surface area contributed by atoms with Crippen LogP contribution in [0.3, 0.4) is 0 Å². The fourth-order valence-electron chi connectivity index (χ4n) is 2.61. The van der Waals surface area contributed by atoms with Crippen molar-refractivity contribution in [1.82, 2.24) is 14.9 Å². The lowest BCUT2D eigenvalue weighted by Crippen LogP contribution is -2.23. The summed E-state index contributed by atoms with van der Waals surface area (Å²) in [7, 11) is 0. The van der Waals surface area contributed by atoms with Gasteiger partial charge in [-0.25, -0.2) is 4.98 Å². The highest BCUT2D eigenvalue weighted by molar-refractivity contribution is 6.31. The lowest BCUT2D eigenvalue weighted by molar-refractivity contribution is 0.0766. The maximum absolute atomic E-state index is 12.4. The first-order valence-electron chi connectivity index (χ1n) is 7.16. The van der Waals surface area contributed by atoms with Crippen LogP contribution in [0.15, 0.2) is 24.5 Å². The molecule has 4 nitrogen and oxygen atoms in total. The maximum atomic E-state index is 12.4. The maximum Gasteiger partial charge on any atom is 0.254 e. The molecule has 1 aliphatic heterocycles. The number of nitrogens with zero attached hydrogens (tertiary/aromatic N) is 3. The van der Waals surface area contributed by atoms with E-state index in [1.54, 1.807) is 23.4 Å². The Morgan fingerprint density at radius 1 is 1.32 bits per heavy atom. The van der Waals surface area contributed by atoms with Gasteiger partial charge < -0.3 is 4.90 Å². The number of aryl methyl sites for hydroxylation is 1. The summed E-state index contributed by atoms with van der Waals surface area (Å²) in [5.74, 6) is -0.0342. The fraction of sp³-hybridized carbons (Fsp3) is 0.312. The molecule has 2 aromatic heterocycles. The zero-order chi connectivity index (χ0) is 15.7. The Labute approximate surface area is 139 Å². The van der Waals surface area contributed by atoms with Gasteiger partial charge >= 0.3 is 0 Å². The Hall–Kier alpha value is -1.65. The molecule has 0 aliphatic carbocycles. The van der Waals surface area contributed by atoms with Crippen LogP contribution in [0.2, 0.25) is 10.2 Å². The Kier molecular flexibility index (Phi) is 4.32. The van der Waals surface area contributed by atoms with Crippen LogP contribution in [0.25, 0.3) is 0 Å². The molecule has 2 aromatic rings. The standard InChI is InChI=1S/C16H15Cl2N3O/c1-2-3-14-13(17)6-10(7-20-14)8-21-9-12-11(16(21)22)4-5-19-15(12)18/h4-7H,2-3,8-9H2,1H3. The molecule has 0 fully saturated rings. The van der Waals surface area contributed by atoms with Gasteiger partial charge in [0.25, 0.3) is 5.91 Å². The van der Waals surface area contributed by atoms with E-state index in [2.05, 4.69) is 16.9 Å². The number of fused-ring (bicyclic) bond motifs is 1. The van der Waals surface area contributed by atoms with Crippen molar-refractivity contribution in [2.45, 2.75) is 32.9 Å². The van der Waals surface area contributed by atoms with Crippen molar-refractivity contribution in [2.75, 3.05) is 0 Å². The predicted molar refractivity (Wildman–Crippen MR) is 86.1 cm³/mol. The summed E-state index contributed by atoms with van der Waals surface area (Å²) in [4.78, 5) is 22.5. The number of aromatic nitrogens is 2. The van der Waals surface area contributed by atoms with Gasteiger partial charge in [-0.2, -0.15) is 0 Å². The predicted octanol–water partition coefficient (Wildman–Crippen LogP) is 3.89. The van der Waals surface area contributed by atoms with E-state index < -0.39 is 0 Å². The first-order valence-corrected chi connectivity index (χ1v) is 7.91. The third-order valence-electron chi connectivity index (χ3n) is 3.70. The molecule has 0 saturated heterocycles. The average molecular weight is 336 g/mol. The number of rotatable bonds is 4. The van der Waals surface area contributed by atoms with Gasteiger partial charge in [-0.05, 0) is 24.1 Å². The van der Waals surface area contributed by atoms with Crippen LogP contribution < -0.4 is 0 Å². The molecule has 114 valence electrons. The first-order chi connectivity index (χ1) is 10.6. The van der Waals surface area contributed by atoms with Gasteiger partial charge in [-0.3, -0.25) is 9.78 Å². The molecule has 1 amide bonds. The molecule has 0 atom stereocenters. The highest BCUT2D eigenvalue weighted by Crippen LogP contribution is 2.29. The molecule has 0 saturated carbocycles. The zero-order valence-electron chi connectivity index (χ0n) is 12.1. The minimum atomic E-state index is -0.0342. The smallest absolute Gasteiger partial charge is 0.254 e. The van der Waals surface area contributed by atoms with E-state index in [9.17, 15) is 4.79 Å². The number of pyridine rings is 2. The topological polar surface area (TPSA) is 46.1 Å². The van der Waals surface area contributed by atoms with Crippen molar-refractivity contribution in [2.24, 2.45) is 0 Å². The number of amides is 1. The highest BCUT2D eigenvalue weighted by atomic mass is 35.5. The van der Waals surface area contributed by atoms with Crippen molar-refractivity contribution in [1.29, 1.82) is 0 Å². The number of hydrogen-bond acceptors (Lipinski definition) is 3. The summed E-state index contributed by atoms with van der Waals surface area (Å²) >= 11 is 12.3. The van der Waals surface area contributed by atoms with Crippen LogP contribution in [-0.4, -0.2) is 20.8 Å². The molecule has 22 heavy (non-hydrogen) atoms. The van der Waals surface area contributed by atoms with Gasteiger partial charge in [-0.15, -0.1) is 0 Å². The van der Waals surface area contributed by atoms with E-state index in [1.165, 1.54) is 0 Å². The molecule has 0 aromatic carbocycles. The Morgan fingerprint density at radius 2 is 2.14 bits per heavy atom. The van der Waals surface area contributed by atoms with Crippen LogP contribution >= 0.6 is 23.2 Å². The normalized spacial score (nSPS) is 13.6. The van der Waals surface area contributed by atoms with Gasteiger partial charge in [0.05, 0.1) is 17.3 Å². The van der Waals surface area contributed by atoms with Crippen LogP contribution in [0, 0.1) is 0 Å². The van der Waals surface area contributed by atoms with Crippen LogP contribution in [0.1, 0.15) is 40.5 Å². The van der Waals surface area contributed by atoms with Crippen molar-refractivity contribution >= 4 is 29.1 Å². The molecule has 0 radical (unpaired) electrons. The van der Waals surface area contributed by atoms with E-state index in [1.807, 2.05) is 6.07 Å². The number of carbonyl (C=O) groups is 1. The molecule has 3 rings (SSSR count). The second kappa shape index (κ2) is 6.23. The quantitative estimate of drug-likeness (QED) is 0.796. The molecule has 0 bridgehead atoms. The molecular formula is C16H15Cl2N3O. The summed E-state index contributed by atoms with van der Waals surface area (Å²) in [6, 6.07) is 3.59. The largest absolute Gasteiger partial charge is 0.330 e. The zero-order valence-corrected chi connectivity index (χ0v) is 13.7. The van der Waals surface area contributed by atoms with Crippen molar-refractivity contribution in [3.8, 4) is 0 Å². The lowest BCUT2D eigenvalue weighted by Gasteiger charge is -2.16. The van der Waals surface area contributed by atoms with Gasteiger partial charge in [-0.1, -0.05) is 36.5 Å². The molecule has 0 N–H and O–H groups in total. The third kappa shape index (κ3) is 2.81. The van der Waals surface area contributed by atoms with E-state index in [4.69, 9.17) is 23.2 Å². The Balaban J connectivity index is 1.79. The molecular weight excluding hydrogens is 321 g/mol. The van der Waals surface area contributed by atoms with Crippen molar-refractivity contribution in [3.05, 3.63) is 57.1 Å². The Morgan fingerprint density at radius 3 is 2.82 bits per heavy atom. The second-order valence-corrected chi connectivity index (χ2v) is 6.08. The van der Waals surface area contributed by atoms with Crippen molar-refractivity contribution < 1.29 is 4.79 Å². The lowest BCUT2D eigenvalue weighted by atomic mass is 10.2. The van der Waals surface area contributed by atoms with Crippen molar-refractivity contribution in [3.63, 3.8) is 0 Å². The van der Waals surface area contributed by atoms with Gasteiger partial charge in [0.1, 0.15) is 5.15 Å². The monoisotopic (exact) mass is 335 g/mol. The SMILES string of the molecule is CCCc1ncc(CN2Cc3c(ccnc3Cl)C2=O)cc1Cl. The minimum Gasteiger partial charge on any atom is -0.330 e. The summed E-state index contributed by atoms with van der Waals surface area (Å²) in [6.07, 6.45) is 5.19. The van der Waals surface area contributed by atoms with E-state index in [-0.39, 0.29) is 5.91 Å². The molecule has 0 unspecified atom stereocenters. The van der Waals surface area contributed by atoms with E-state index in [0.717, 1.165) is 29.7 Å². The average Bonchev–Trinajstić information content (AvgIpc) is 2.81. The molecule has 6 heteroatoms. The second-order valence-electron chi connectivity index (χ2n) is 5.31. The first kappa shape index (κ1) is 15.3. The summed E-state index contributed by atoms with van der Waals surface area (Å²) in [6.45, 7) is 3.02.